The standard InChI is InChI=1S/C52H55N7O7/c53-40(28-34-16-5-1-6-17-34)47(60)55-42(29-35-18-7-2-8-19-35)48(61)56-43(30-36-20-9-3-10-21-36)49(62)57-44(32-38-33-54-41-25-14-13-24-39(38)41)51(64)59-27-15-26-46(59)50(63)58-45(52(65)66)31-37-22-11-4-12-23-37/h1-14,16-25,33,40,42-46,54H,15,26-32,53H2,(H,55,60)(H,56,61)(H,57,62)(H,58,63)(H,65,66)/t40-,42-,43-,44-,45-,46-/m0/s1. The molecule has 0 saturated carbocycles. The SMILES string of the molecule is N[C@@H](Cc1ccccc1)C(=O)N[C@@H](Cc1ccccc1)C(=O)N[C@@H](Cc1ccccc1)C(=O)N[C@@H](Cc1c[nH]c2ccccc12)C(=O)N1CCC[C@H]1C(=O)N[C@@H](Cc1ccccc1)C(=O)O. The number of aliphatic carboxylic acids is 1. The molecule has 66 heavy (non-hydrogen) atoms. The number of nitrogens with one attached hydrogen (secondary N) is 5. The summed E-state index contributed by atoms with van der Waals surface area (Å²) in [5.41, 5.74) is 11.0. The molecule has 0 aliphatic carbocycles. The Morgan fingerprint density at radius 2 is 1.02 bits per heavy atom. The molecule has 6 atom stereocenters. The maximum atomic E-state index is 14.9. The summed E-state index contributed by atoms with van der Waals surface area (Å²) in [6.07, 6.45) is 3.00. The van der Waals surface area contributed by atoms with E-state index in [0.29, 0.717) is 12.8 Å². The van der Waals surface area contributed by atoms with E-state index in [1.807, 2.05) is 121 Å². The van der Waals surface area contributed by atoms with Gasteiger partial charge >= 0.3 is 5.97 Å². The van der Waals surface area contributed by atoms with E-state index in [1.165, 1.54) is 4.90 Å². The van der Waals surface area contributed by atoms with Crippen molar-refractivity contribution in [3.8, 4) is 0 Å². The molecule has 7 rings (SSSR count). The number of aromatic amines is 1. The first-order valence-corrected chi connectivity index (χ1v) is 22.2. The van der Waals surface area contributed by atoms with Crippen LogP contribution in [0.3, 0.4) is 0 Å². The number of hydrogen-bond donors (Lipinski definition) is 7. The Balaban J connectivity index is 1.14. The highest BCUT2D eigenvalue weighted by atomic mass is 16.4. The highest BCUT2D eigenvalue weighted by Crippen LogP contribution is 2.24. The van der Waals surface area contributed by atoms with Gasteiger partial charge in [0.25, 0.3) is 0 Å². The monoisotopic (exact) mass is 889 g/mol. The molecule has 0 spiro atoms. The third kappa shape index (κ3) is 12.4. The van der Waals surface area contributed by atoms with Gasteiger partial charge in [-0.1, -0.05) is 140 Å². The average Bonchev–Trinajstić information content (AvgIpc) is 4.00. The Morgan fingerprint density at radius 1 is 0.561 bits per heavy atom. The number of amides is 5. The van der Waals surface area contributed by atoms with Gasteiger partial charge in [0.1, 0.15) is 30.2 Å². The molecule has 0 radical (unpaired) electrons. The number of carbonyl (C=O) groups excluding carboxylic acids is 5. The van der Waals surface area contributed by atoms with Crippen LogP contribution >= 0.6 is 0 Å². The summed E-state index contributed by atoms with van der Waals surface area (Å²) >= 11 is 0. The predicted molar refractivity (Wildman–Crippen MR) is 251 cm³/mol. The first-order chi connectivity index (χ1) is 32.0. The molecular formula is C52H55N7O7. The van der Waals surface area contributed by atoms with E-state index in [9.17, 15) is 33.9 Å². The van der Waals surface area contributed by atoms with Crippen LogP contribution in [0.15, 0.2) is 152 Å². The van der Waals surface area contributed by atoms with E-state index < -0.39 is 71.8 Å². The summed E-state index contributed by atoms with van der Waals surface area (Å²) in [5.74, 6) is -4.18. The first kappa shape index (κ1) is 46.4. The number of rotatable bonds is 20. The minimum atomic E-state index is -1.24. The number of para-hydroxylation sites is 1. The maximum absolute atomic E-state index is 14.9. The molecule has 6 aromatic rings. The minimum absolute atomic E-state index is 0.0309. The highest BCUT2D eigenvalue weighted by Gasteiger charge is 2.40. The van der Waals surface area contributed by atoms with Crippen LogP contribution in [0.25, 0.3) is 10.9 Å². The largest absolute Gasteiger partial charge is 0.480 e. The summed E-state index contributed by atoms with van der Waals surface area (Å²) in [4.78, 5) is 88.6. The topological polar surface area (TPSA) is 216 Å². The van der Waals surface area contributed by atoms with Crippen LogP contribution in [0, 0.1) is 0 Å². The normalized spacial score (nSPS) is 15.7. The second kappa shape index (κ2) is 22.4. The van der Waals surface area contributed by atoms with Gasteiger partial charge in [0.15, 0.2) is 0 Å². The Labute approximate surface area is 383 Å². The molecule has 1 aromatic heterocycles. The molecular weight excluding hydrogens is 835 g/mol. The molecule has 0 unspecified atom stereocenters. The lowest BCUT2D eigenvalue weighted by Gasteiger charge is -2.31. The van der Waals surface area contributed by atoms with E-state index in [1.54, 1.807) is 30.5 Å². The molecule has 14 heteroatoms. The molecule has 8 N–H and O–H groups in total. The van der Waals surface area contributed by atoms with E-state index in [-0.39, 0.29) is 38.6 Å². The number of likely N-dealkylation sites (tertiary alicyclic amines) is 1. The van der Waals surface area contributed by atoms with Crippen molar-refractivity contribution >= 4 is 46.4 Å². The number of hydrogen-bond acceptors (Lipinski definition) is 7. The number of carboxylic acid groups (broad SMARTS) is 1. The third-order valence-corrected chi connectivity index (χ3v) is 11.9. The van der Waals surface area contributed by atoms with Crippen LogP contribution in [-0.2, 0) is 60.9 Å². The zero-order valence-electron chi connectivity index (χ0n) is 36.5. The van der Waals surface area contributed by atoms with Crippen molar-refractivity contribution in [3.63, 3.8) is 0 Å². The zero-order chi connectivity index (χ0) is 46.4. The van der Waals surface area contributed by atoms with Gasteiger partial charge in [-0.25, -0.2) is 4.79 Å². The lowest BCUT2D eigenvalue weighted by Crippen LogP contribution is -2.60. The Morgan fingerprint density at radius 3 is 1.55 bits per heavy atom. The van der Waals surface area contributed by atoms with Gasteiger partial charge in [-0.2, -0.15) is 0 Å². The van der Waals surface area contributed by atoms with Crippen LogP contribution in [0.2, 0.25) is 0 Å². The number of aromatic nitrogens is 1. The molecule has 1 saturated heterocycles. The lowest BCUT2D eigenvalue weighted by molar-refractivity contribution is -0.145. The minimum Gasteiger partial charge on any atom is -0.480 e. The maximum Gasteiger partial charge on any atom is 0.326 e. The highest BCUT2D eigenvalue weighted by molar-refractivity contribution is 5.97. The first-order valence-electron chi connectivity index (χ1n) is 22.2. The van der Waals surface area contributed by atoms with Crippen LogP contribution < -0.4 is 27.0 Å². The second-order valence-corrected chi connectivity index (χ2v) is 16.7. The Hall–Kier alpha value is -7.58. The Kier molecular flexibility index (Phi) is 15.7. The number of nitrogens with two attached hydrogens (primary N) is 1. The molecule has 1 fully saturated rings. The Bertz CT molecular complexity index is 2590. The molecule has 5 aromatic carbocycles. The van der Waals surface area contributed by atoms with Crippen molar-refractivity contribution in [2.45, 2.75) is 81.2 Å². The molecule has 1 aliphatic heterocycles. The fraction of sp³-hybridized carbons (Fsp3) is 0.269. The number of carboxylic acids is 1. The number of H-pyrrole nitrogens is 1. The van der Waals surface area contributed by atoms with Gasteiger partial charge < -0.3 is 42.0 Å². The molecule has 5 amide bonds. The molecule has 1 aliphatic rings. The molecule has 2 heterocycles. The van der Waals surface area contributed by atoms with Crippen molar-refractivity contribution in [2.75, 3.05) is 6.54 Å². The number of nitrogens with zero attached hydrogens (tertiary/aromatic N) is 1. The number of benzene rings is 5. The van der Waals surface area contributed by atoms with Gasteiger partial charge in [0, 0.05) is 49.3 Å². The molecule has 0 bridgehead atoms. The predicted octanol–water partition coefficient (Wildman–Crippen LogP) is 4.02. The van der Waals surface area contributed by atoms with Crippen LogP contribution in [0.4, 0.5) is 0 Å². The van der Waals surface area contributed by atoms with Crippen molar-refractivity contribution in [3.05, 3.63) is 180 Å². The summed E-state index contributed by atoms with van der Waals surface area (Å²) in [6, 6.07) is 37.3. The quantitative estimate of drug-likeness (QED) is 0.0593. The fourth-order valence-corrected chi connectivity index (χ4v) is 8.44. The van der Waals surface area contributed by atoms with Gasteiger partial charge in [-0.05, 0) is 53.1 Å². The summed E-state index contributed by atoms with van der Waals surface area (Å²) in [7, 11) is 0. The van der Waals surface area contributed by atoms with Crippen molar-refractivity contribution < 1.29 is 33.9 Å². The second-order valence-electron chi connectivity index (χ2n) is 16.7. The van der Waals surface area contributed by atoms with Gasteiger partial charge in [-0.3, -0.25) is 24.0 Å². The lowest BCUT2D eigenvalue weighted by atomic mass is 10.00. The third-order valence-electron chi connectivity index (χ3n) is 11.9. The van der Waals surface area contributed by atoms with Crippen LogP contribution in [0.1, 0.15) is 40.7 Å². The molecule has 340 valence electrons. The van der Waals surface area contributed by atoms with E-state index in [0.717, 1.165) is 38.7 Å². The van der Waals surface area contributed by atoms with E-state index in [2.05, 4.69) is 26.3 Å². The van der Waals surface area contributed by atoms with Crippen molar-refractivity contribution in [2.24, 2.45) is 5.73 Å². The summed E-state index contributed by atoms with van der Waals surface area (Å²) in [5, 5.41) is 22.3. The van der Waals surface area contributed by atoms with Gasteiger partial charge in [-0.15, -0.1) is 0 Å². The van der Waals surface area contributed by atoms with Crippen molar-refractivity contribution in [1.29, 1.82) is 0 Å². The smallest absolute Gasteiger partial charge is 0.326 e. The van der Waals surface area contributed by atoms with Crippen LogP contribution in [0.5, 0.6) is 0 Å². The number of carbonyl (C=O) groups is 6. The van der Waals surface area contributed by atoms with E-state index >= 15 is 0 Å². The van der Waals surface area contributed by atoms with Crippen LogP contribution in [-0.4, -0.2) is 93.3 Å². The fourth-order valence-electron chi connectivity index (χ4n) is 8.44. The zero-order valence-corrected chi connectivity index (χ0v) is 36.5. The van der Waals surface area contributed by atoms with Gasteiger partial charge in [0.2, 0.25) is 29.5 Å². The summed E-state index contributed by atoms with van der Waals surface area (Å²) in [6.45, 7) is 0.199. The average molecular weight is 890 g/mol. The summed E-state index contributed by atoms with van der Waals surface area (Å²) < 4.78 is 0. The van der Waals surface area contributed by atoms with E-state index in [4.69, 9.17) is 5.73 Å². The number of fused-ring (bicyclic) bond motifs is 1. The van der Waals surface area contributed by atoms with Crippen molar-refractivity contribution in [1.82, 2.24) is 31.2 Å². The molecule has 14 nitrogen and oxygen atoms in total. The van der Waals surface area contributed by atoms with Gasteiger partial charge in [0.05, 0.1) is 6.04 Å².